The Kier molecular flexibility index (Phi) is 4.74. The maximum atomic E-state index is 3.17. The molecule has 0 saturated carbocycles. The second kappa shape index (κ2) is 5.61. The van der Waals surface area contributed by atoms with Crippen molar-refractivity contribution in [1.29, 1.82) is 0 Å². The van der Waals surface area contributed by atoms with E-state index in [1.54, 1.807) is 0 Å². The predicted octanol–water partition coefficient (Wildman–Crippen LogP) is 2.95. The van der Waals surface area contributed by atoms with Crippen LogP contribution in [0.1, 0.15) is 65.2 Å². The van der Waals surface area contributed by atoms with Gasteiger partial charge in [-0.2, -0.15) is 0 Å². The van der Waals surface area contributed by atoms with Gasteiger partial charge in [0.2, 0.25) is 0 Å². The molecule has 0 bridgehead atoms. The lowest BCUT2D eigenvalue weighted by molar-refractivity contribution is 0.521. The third-order valence-corrected chi connectivity index (χ3v) is 2.83. The van der Waals surface area contributed by atoms with E-state index in [4.69, 9.17) is 0 Å². The average Bonchev–Trinajstić information content (AvgIpc) is 2.83. The molecule has 1 aliphatic heterocycles. The van der Waals surface area contributed by atoms with Crippen molar-refractivity contribution in [2.24, 2.45) is 0 Å². The van der Waals surface area contributed by atoms with Crippen molar-refractivity contribution in [3.05, 3.63) is 0 Å². The maximum absolute atomic E-state index is 3.17. The summed E-state index contributed by atoms with van der Waals surface area (Å²) >= 11 is 0. The van der Waals surface area contributed by atoms with E-state index in [1.807, 2.05) is 0 Å². The first kappa shape index (κ1) is 11.0. The number of nitrogens with one attached hydrogen (secondary N) is 2. The Balaban J connectivity index is 1.74. The Morgan fingerprint density at radius 1 is 0.846 bits per heavy atom. The van der Waals surface area contributed by atoms with Crippen molar-refractivity contribution in [3.8, 4) is 0 Å². The quantitative estimate of drug-likeness (QED) is 0.450. The number of hydrogen-bond acceptors (Lipinski definition) is 2. The van der Waals surface area contributed by atoms with Gasteiger partial charge in [0.1, 0.15) is 0 Å². The Morgan fingerprint density at radius 2 is 1.38 bits per heavy atom. The third kappa shape index (κ3) is 5.27. The number of hydrazine groups is 1. The molecular weight excluding hydrogens is 160 g/mol. The fraction of sp³-hybridized carbons (Fsp3) is 1.00. The summed E-state index contributed by atoms with van der Waals surface area (Å²) < 4.78 is 0. The first-order valence-corrected chi connectivity index (χ1v) is 5.81. The van der Waals surface area contributed by atoms with Crippen molar-refractivity contribution in [3.63, 3.8) is 0 Å². The van der Waals surface area contributed by atoms with Gasteiger partial charge in [-0.25, -0.2) is 10.9 Å². The van der Waals surface area contributed by atoms with E-state index in [-0.39, 0.29) is 0 Å². The van der Waals surface area contributed by atoms with Crippen LogP contribution in [0.2, 0.25) is 0 Å². The van der Waals surface area contributed by atoms with Crippen LogP contribution in [0.25, 0.3) is 0 Å². The molecule has 0 unspecified atom stereocenters. The molecule has 0 aromatic heterocycles. The maximum Gasteiger partial charge on any atom is 0.0915 e. The van der Waals surface area contributed by atoms with Gasteiger partial charge in [0.05, 0.1) is 5.66 Å². The highest BCUT2D eigenvalue weighted by atomic mass is 15.7. The fourth-order valence-corrected chi connectivity index (χ4v) is 1.67. The third-order valence-electron chi connectivity index (χ3n) is 2.83. The molecule has 1 saturated heterocycles. The summed E-state index contributed by atoms with van der Waals surface area (Å²) in [6.07, 6.45) is 11.1. The van der Waals surface area contributed by atoms with E-state index < -0.39 is 0 Å². The number of hydrogen-bond donors (Lipinski definition) is 2. The molecule has 1 aliphatic rings. The zero-order valence-corrected chi connectivity index (χ0v) is 9.16. The first-order chi connectivity index (χ1) is 6.27. The van der Waals surface area contributed by atoms with Crippen LogP contribution in [-0.4, -0.2) is 5.66 Å². The number of rotatable bonds is 8. The van der Waals surface area contributed by atoms with Gasteiger partial charge in [-0.1, -0.05) is 51.9 Å². The Hall–Kier alpha value is -0.0800. The van der Waals surface area contributed by atoms with E-state index >= 15 is 0 Å². The molecule has 2 N–H and O–H groups in total. The highest BCUT2D eigenvalue weighted by molar-refractivity contribution is 4.88. The molecule has 2 heteroatoms. The van der Waals surface area contributed by atoms with Crippen molar-refractivity contribution in [2.75, 3.05) is 0 Å². The van der Waals surface area contributed by atoms with Crippen LogP contribution in [0.15, 0.2) is 0 Å². The van der Waals surface area contributed by atoms with Crippen LogP contribution >= 0.6 is 0 Å². The summed E-state index contributed by atoms with van der Waals surface area (Å²) in [6, 6.07) is 0. The summed E-state index contributed by atoms with van der Waals surface area (Å²) in [7, 11) is 0. The molecule has 0 atom stereocenters. The Labute approximate surface area is 82.5 Å². The summed E-state index contributed by atoms with van der Waals surface area (Å²) in [5.41, 5.74) is 6.64. The Bertz CT molecular complexity index is 130. The molecule has 0 spiro atoms. The molecule has 0 aromatic carbocycles. The van der Waals surface area contributed by atoms with Crippen LogP contribution < -0.4 is 10.9 Å². The molecule has 0 amide bonds. The van der Waals surface area contributed by atoms with Crippen molar-refractivity contribution in [1.82, 2.24) is 10.9 Å². The molecule has 1 heterocycles. The fourth-order valence-electron chi connectivity index (χ4n) is 1.67. The lowest BCUT2D eigenvalue weighted by atomic mass is 10.0. The van der Waals surface area contributed by atoms with E-state index in [1.165, 1.54) is 51.4 Å². The molecule has 0 radical (unpaired) electrons. The summed E-state index contributed by atoms with van der Waals surface area (Å²) in [6.45, 7) is 4.50. The van der Waals surface area contributed by atoms with Crippen LogP contribution in [0.5, 0.6) is 0 Å². The van der Waals surface area contributed by atoms with Crippen LogP contribution in [-0.2, 0) is 0 Å². The average molecular weight is 184 g/mol. The van der Waals surface area contributed by atoms with Gasteiger partial charge < -0.3 is 0 Å². The van der Waals surface area contributed by atoms with Gasteiger partial charge in [-0.05, 0) is 13.3 Å². The van der Waals surface area contributed by atoms with Gasteiger partial charge >= 0.3 is 0 Å². The lowest BCUT2D eigenvalue weighted by Gasteiger charge is -2.04. The van der Waals surface area contributed by atoms with E-state index in [0.29, 0.717) is 5.66 Å². The zero-order chi connectivity index (χ0) is 9.57. The molecule has 78 valence electrons. The summed E-state index contributed by atoms with van der Waals surface area (Å²) in [5, 5.41) is 0. The standard InChI is InChI=1S/C11H24N2/c1-3-4-5-6-7-8-9-10-11(2)12-13-11/h12-13H,3-10H2,1-2H3. The second-order valence-electron chi connectivity index (χ2n) is 4.45. The van der Waals surface area contributed by atoms with Crippen LogP contribution in [0, 0.1) is 0 Å². The lowest BCUT2D eigenvalue weighted by Crippen LogP contribution is -2.10. The van der Waals surface area contributed by atoms with Gasteiger partial charge in [-0.15, -0.1) is 0 Å². The molecule has 13 heavy (non-hydrogen) atoms. The molecule has 0 aliphatic carbocycles. The molecule has 1 fully saturated rings. The van der Waals surface area contributed by atoms with Crippen molar-refractivity contribution < 1.29 is 0 Å². The minimum absolute atomic E-state index is 0.295. The molecule has 1 rings (SSSR count). The summed E-state index contributed by atoms with van der Waals surface area (Å²) in [5.74, 6) is 0. The molecular formula is C11H24N2. The Morgan fingerprint density at radius 3 is 1.92 bits per heavy atom. The largest absolute Gasteiger partial charge is 0.235 e. The first-order valence-electron chi connectivity index (χ1n) is 5.81. The van der Waals surface area contributed by atoms with Gasteiger partial charge in [0.25, 0.3) is 0 Å². The topological polar surface area (TPSA) is 43.9 Å². The SMILES string of the molecule is CCCCCCCCCC1(C)NN1. The number of unbranched alkanes of at least 4 members (excludes halogenated alkanes) is 6. The second-order valence-corrected chi connectivity index (χ2v) is 4.45. The van der Waals surface area contributed by atoms with E-state index in [9.17, 15) is 0 Å². The van der Waals surface area contributed by atoms with Crippen molar-refractivity contribution >= 4 is 0 Å². The molecule has 0 aromatic rings. The molecule has 2 nitrogen and oxygen atoms in total. The normalized spacial score (nSPS) is 18.9. The van der Waals surface area contributed by atoms with Crippen molar-refractivity contribution in [2.45, 2.75) is 70.9 Å². The monoisotopic (exact) mass is 184 g/mol. The van der Waals surface area contributed by atoms with Crippen LogP contribution in [0.3, 0.4) is 0 Å². The minimum Gasteiger partial charge on any atom is -0.235 e. The predicted molar refractivity (Wildman–Crippen MR) is 57.3 cm³/mol. The van der Waals surface area contributed by atoms with E-state index in [0.717, 1.165) is 0 Å². The summed E-state index contributed by atoms with van der Waals surface area (Å²) in [4.78, 5) is 0. The zero-order valence-electron chi connectivity index (χ0n) is 9.16. The van der Waals surface area contributed by atoms with Crippen LogP contribution in [0.4, 0.5) is 0 Å². The van der Waals surface area contributed by atoms with E-state index in [2.05, 4.69) is 24.7 Å². The smallest absolute Gasteiger partial charge is 0.0915 e. The highest BCUT2D eigenvalue weighted by Gasteiger charge is 2.34. The minimum atomic E-state index is 0.295. The van der Waals surface area contributed by atoms with Gasteiger partial charge in [0, 0.05) is 0 Å². The van der Waals surface area contributed by atoms with Gasteiger partial charge in [-0.3, -0.25) is 0 Å². The highest BCUT2D eigenvalue weighted by Crippen LogP contribution is 2.18. The van der Waals surface area contributed by atoms with Gasteiger partial charge in [0.15, 0.2) is 0 Å².